The number of hydrogen-bond donors (Lipinski definition) is 0. The summed E-state index contributed by atoms with van der Waals surface area (Å²) in [4.78, 5) is 25.5. The van der Waals surface area contributed by atoms with Crippen LogP contribution in [0, 0.1) is 0 Å². The molecule has 6 heteroatoms. The second kappa shape index (κ2) is 7.31. The molecule has 6 nitrogen and oxygen atoms in total. The van der Waals surface area contributed by atoms with Crippen molar-refractivity contribution in [2.75, 3.05) is 21.3 Å². The Labute approximate surface area is 167 Å². The van der Waals surface area contributed by atoms with E-state index >= 15 is 0 Å². The lowest BCUT2D eigenvalue weighted by atomic mass is 10.0. The van der Waals surface area contributed by atoms with Crippen LogP contribution >= 0.6 is 0 Å². The molecule has 0 unspecified atom stereocenters. The molecule has 0 radical (unpaired) electrons. The van der Waals surface area contributed by atoms with Crippen molar-refractivity contribution in [2.24, 2.45) is 0 Å². The Morgan fingerprint density at radius 2 is 1.38 bits per heavy atom. The van der Waals surface area contributed by atoms with Crippen LogP contribution in [0.3, 0.4) is 0 Å². The van der Waals surface area contributed by atoms with Crippen molar-refractivity contribution in [1.82, 2.24) is 4.40 Å². The van der Waals surface area contributed by atoms with Gasteiger partial charge in [0.2, 0.25) is 0 Å². The zero-order valence-electron chi connectivity index (χ0n) is 16.3. The van der Waals surface area contributed by atoms with Gasteiger partial charge in [-0.2, -0.15) is 0 Å². The Morgan fingerprint density at radius 1 is 0.724 bits per heavy atom. The predicted molar refractivity (Wildman–Crippen MR) is 110 cm³/mol. The van der Waals surface area contributed by atoms with Gasteiger partial charge in [0.25, 0.3) is 0 Å². The Hall–Kier alpha value is -3.80. The van der Waals surface area contributed by atoms with Crippen molar-refractivity contribution >= 4 is 28.4 Å². The zero-order valence-corrected chi connectivity index (χ0v) is 16.3. The number of aromatic nitrogens is 1. The first-order valence-corrected chi connectivity index (χ1v) is 8.98. The van der Waals surface area contributed by atoms with Gasteiger partial charge < -0.3 is 18.6 Å². The molecular weight excluding hydrogens is 370 g/mol. The summed E-state index contributed by atoms with van der Waals surface area (Å²) in [5.41, 5.74) is 3.08. The lowest BCUT2D eigenvalue weighted by Crippen LogP contribution is -2.10. The van der Waals surface area contributed by atoms with Gasteiger partial charge in [0.1, 0.15) is 16.9 Å². The molecule has 4 aromatic rings. The monoisotopic (exact) mass is 389 g/mol. The average molecular weight is 389 g/mol. The lowest BCUT2D eigenvalue weighted by Gasteiger charge is -2.10. The van der Waals surface area contributed by atoms with Gasteiger partial charge >= 0.3 is 11.9 Å². The lowest BCUT2D eigenvalue weighted by molar-refractivity contribution is 0.0558. The largest absolute Gasteiger partial charge is 0.497 e. The Balaban J connectivity index is 2.21. The van der Waals surface area contributed by atoms with Crippen molar-refractivity contribution < 1.29 is 23.8 Å². The van der Waals surface area contributed by atoms with Crippen LogP contribution in [-0.2, 0) is 9.47 Å². The minimum Gasteiger partial charge on any atom is -0.497 e. The maximum atomic E-state index is 12.8. The predicted octanol–water partition coefficient (Wildman–Crippen LogP) is 4.34. The summed E-state index contributed by atoms with van der Waals surface area (Å²) in [5.74, 6) is -0.519. The number of fused-ring (bicyclic) bond motifs is 3. The maximum Gasteiger partial charge on any atom is 0.340 e. The molecule has 29 heavy (non-hydrogen) atoms. The quantitative estimate of drug-likeness (QED) is 0.486. The first-order valence-electron chi connectivity index (χ1n) is 8.98. The Kier molecular flexibility index (Phi) is 4.68. The van der Waals surface area contributed by atoms with Crippen molar-refractivity contribution in [1.29, 1.82) is 0 Å². The summed E-state index contributed by atoms with van der Waals surface area (Å²) in [6, 6.07) is 18.8. The average Bonchev–Trinajstić information content (AvgIpc) is 3.13. The van der Waals surface area contributed by atoms with E-state index in [1.54, 1.807) is 19.2 Å². The van der Waals surface area contributed by atoms with Crippen molar-refractivity contribution in [2.45, 2.75) is 0 Å². The van der Waals surface area contributed by atoms with E-state index in [9.17, 15) is 9.59 Å². The number of carbonyl (C=O) groups excluding carboxylic acids is 2. The van der Waals surface area contributed by atoms with Crippen LogP contribution in [0.15, 0.2) is 60.7 Å². The van der Waals surface area contributed by atoms with Crippen LogP contribution in [0.4, 0.5) is 0 Å². The van der Waals surface area contributed by atoms with Gasteiger partial charge in [0, 0.05) is 0 Å². The van der Waals surface area contributed by atoms with E-state index in [2.05, 4.69) is 0 Å². The number of esters is 2. The van der Waals surface area contributed by atoms with E-state index in [0.717, 1.165) is 16.5 Å². The highest BCUT2D eigenvalue weighted by Gasteiger charge is 2.30. The van der Waals surface area contributed by atoms with Gasteiger partial charge in [-0.25, -0.2) is 9.59 Å². The van der Waals surface area contributed by atoms with Gasteiger partial charge in [-0.1, -0.05) is 24.3 Å². The van der Waals surface area contributed by atoms with Gasteiger partial charge in [-0.15, -0.1) is 0 Å². The Bertz CT molecular complexity index is 1240. The van der Waals surface area contributed by atoms with Crippen molar-refractivity contribution in [3.63, 3.8) is 0 Å². The first kappa shape index (κ1) is 18.6. The zero-order chi connectivity index (χ0) is 20.5. The molecule has 0 aliphatic rings. The minimum absolute atomic E-state index is 0.167. The molecule has 0 saturated heterocycles. The fraction of sp³-hybridized carbons (Fsp3) is 0.130. The molecule has 0 aliphatic heterocycles. The number of rotatable bonds is 4. The molecule has 0 atom stereocenters. The molecule has 146 valence electrons. The molecule has 2 aromatic heterocycles. The fourth-order valence-corrected chi connectivity index (χ4v) is 3.63. The summed E-state index contributed by atoms with van der Waals surface area (Å²) in [6.45, 7) is 0. The second-order valence-corrected chi connectivity index (χ2v) is 6.42. The number of hydrogen-bond acceptors (Lipinski definition) is 5. The van der Waals surface area contributed by atoms with E-state index in [1.807, 2.05) is 52.9 Å². The third-order valence-corrected chi connectivity index (χ3v) is 4.95. The third-order valence-electron chi connectivity index (χ3n) is 4.95. The fourth-order valence-electron chi connectivity index (χ4n) is 3.63. The summed E-state index contributed by atoms with van der Waals surface area (Å²) in [6.07, 6.45) is 0. The molecule has 2 heterocycles. The van der Waals surface area contributed by atoms with Gasteiger partial charge in [0.05, 0.1) is 38.1 Å². The van der Waals surface area contributed by atoms with E-state index in [1.165, 1.54) is 14.2 Å². The van der Waals surface area contributed by atoms with Gasteiger partial charge in [-0.05, 0) is 47.3 Å². The number of carbonyl (C=O) groups is 2. The van der Waals surface area contributed by atoms with Gasteiger partial charge in [0.15, 0.2) is 0 Å². The van der Waals surface area contributed by atoms with Crippen LogP contribution < -0.4 is 4.74 Å². The summed E-state index contributed by atoms with van der Waals surface area (Å²) < 4.78 is 17.2. The molecule has 4 rings (SSSR count). The molecule has 0 aliphatic carbocycles. The van der Waals surface area contributed by atoms with Crippen LogP contribution in [0.1, 0.15) is 20.7 Å². The van der Waals surface area contributed by atoms with E-state index in [-0.39, 0.29) is 11.1 Å². The van der Waals surface area contributed by atoms with Crippen LogP contribution in [-0.4, -0.2) is 37.7 Å². The summed E-state index contributed by atoms with van der Waals surface area (Å²) in [7, 11) is 4.17. The molecule has 0 amide bonds. The van der Waals surface area contributed by atoms with Crippen LogP contribution in [0.5, 0.6) is 5.75 Å². The molecule has 0 spiro atoms. The highest BCUT2D eigenvalue weighted by atomic mass is 16.5. The molecule has 0 bridgehead atoms. The Morgan fingerprint density at radius 3 is 2.03 bits per heavy atom. The highest BCUT2D eigenvalue weighted by Crippen LogP contribution is 2.36. The smallest absolute Gasteiger partial charge is 0.340 e. The standard InChI is InChI=1S/C23H19NO5/c1-27-16-11-8-15(9-12-16)21-20(23(26)29-3)19(22(25)28-2)18-13-10-14-6-4-5-7-17(14)24(18)21/h4-13H,1-3H3. The number of pyridine rings is 1. The van der Waals surface area contributed by atoms with E-state index in [4.69, 9.17) is 14.2 Å². The highest BCUT2D eigenvalue weighted by molar-refractivity contribution is 6.14. The SMILES string of the molecule is COC(=O)c1c(C(=O)OC)c2ccc3ccccc3n2c1-c1ccc(OC)cc1. The number of methoxy groups -OCH3 is 3. The summed E-state index contributed by atoms with van der Waals surface area (Å²) >= 11 is 0. The second-order valence-electron chi connectivity index (χ2n) is 6.42. The topological polar surface area (TPSA) is 66.2 Å². The van der Waals surface area contributed by atoms with Gasteiger partial charge in [-0.3, -0.25) is 0 Å². The molecule has 2 aromatic carbocycles. The molecule has 0 fully saturated rings. The normalized spacial score (nSPS) is 10.9. The van der Waals surface area contributed by atoms with Crippen molar-refractivity contribution in [3.8, 4) is 17.0 Å². The number of benzene rings is 2. The number of nitrogens with zero attached hydrogens (tertiary/aromatic N) is 1. The number of para-hydroxylation sites is 1. The first-order chi connectivity index (χ1) is 14.1. The molecule has 0 N–H and O–H groups in total. The van der Waals surface area contributed by atoms with Crippen LogP contribution in [0.2, 0.25) is 0 Å². The number of ether oxygens (including phenoxy) is 3. The molecular formula is C23H19NO5. The maximum absolute atomic E-state index is 12.8. The third kappa shape index (κ3) is 2.89. The van der Waals surface area contributed by atoms with Crippen molar-refractivity contribution in [3.05, 3.63) is 71.8 Å². The van der Waals surface area contributed by atoms with E-state index in [0.29, 0.717) is 17.0 Å². The molecule has 0 saturated carbocycles. The van der Waals surface area contributed by atoms with Crippen LogP contribution in [0.25, 0.3) is 27.7 Å². The minimum atomic E-state index is -0.607. The van der Waals surface area contributed by atoms with E-state index < -0.39 is 11.9 Å². The summed E-state index contributed by atoms with van der Waals surface area (Å²) in [5, 5.41) is 0.970.